The zero-order chi connectivity index (χ0) is 16.6. The highest BCUT2D eigenvalue weighted by Crippen LogP contribution is 2.24. The maximum atomic E-state index is 10.3. The van der Waals surface area contributed by atoms with Crippen molar-refractivity contribution in [3.8, 4) is 0 Å². The van der Waals surface area contributed by atoms with Crippen LogP contribution in [0.25, 0.3) is 0 Å². The molecule has 5 heteroatoms. The number of hydrogen-bond donors (Lipinski definition) is 3. The Morgan fingerprint density at radius 3 is 2.35 bits per heavy atom. The van der Waals surface area contributed by atoms with Gasteiger partial charge in [-0.05, 0) is 23.5 Å². The number of benzene rings is 1. The van der Waals surface area contributed by atoms with Crippen LogP contribution in [0.2, 0.25) is 0 Å². The lowest BCUT2D eigenvalue weighted by atomic mass is 9.86. The molecule has 3 N–H and O–H groups in total. The number of aliphatic imine (C=N–C) groups is 1. The zero-order valence-electron chi connectivity index (χ0n) is 14.6. The predicted molar refractivity (Wildman–Crippen MR) is 110 cm³/mol. The summed E-state index contributed by atoms with van der Waals surface area (Å²) in [7, 11) is 0. The standard InChI is InChI=1S/C18H29N3O.HI/c1-6-12-20-17(19-7-2)21-13-16(22)14-8-10-15(11-9-14)18(3,4)5;/h6,8-11,16,22H,1,7,12-13H2,2-5H3,(H2,19,20,21);1H. The molecule has 1 rings (SSSR count). The first-order chi connectivity index (χ1) is 10.4. The molecule has 0 bridgehead atoms. The van der Waals surface area contributed by atoms with E-state index in [9.17, 15) is 5.11 Å². The van der Waals surface area contributed by atoms with Crippen LogP contribution in [0.15, 0.2) is 41.9 Å². The number of rotatable bonds is 6. The summed E-state index contributed by atoms with van der Waals surface area (Å²) < 4.78 is 0. The molecule has 1 aromatic carbocycles. The Morgan fingerprint density at radius 2 is 1.87 bits per heavy atom. The minimum atomic E-state index is -0.604. The zero-order valence-corrected chi connectivity index (χ0v) is 16.9. The number of nitrogens with one attached hydrogen (secondary N) is 2. The molecule has 0 saturated heterocycles. The highest BCUT2D eigenvalue weighted by molar-refractivity contribution is 14.0. The van der Waals surface area contributed by atoms with Crippen LogP contribution in [-0.4, -0.2) is 30.7 Å². The summed E-state index contributed by atoms with van der Waals surface area (Å²) in [4.78, 5) is 4.40. The molecule has 0 aliphatic rings. The second-order valence-electron chi connectivity index (χ2n) is 6.28. The van der Waals surface area contributed by atoms with E-state index in [0.717, 1.165) is 12.1 Å². The van der Waals surface area contributed by atoms with Crippen LogP contribution in [0.1, 0.15) is 44.9 Å². The number of hydrogen-bond acceptors (Lipinski definition) is 2. The summed E-state index contributed by atoms with van der Waals surface area (Å²) in [5.74, 6) is 0.688. The summed E-state index contributed by atoms with van der Waals surface area (Å²) in [6, 6.07) is 8.10. The van der Waals surface area contributed by atoms with E-state index < -0.39 is 6.10 Å². The molecule has 1 unspecified atom stereocenters. The van der Waals surface area contributed by atoms with Gasteiger partial charge in [0.25, 0.3) is 0 Å². The molecule has 0 saturated carbocycles. The number of guanidine groups is 1. The minimum absolute atomic E-state index is 0. The van der Waals surface area contributed by atoms with Crippen LogP contribution in [0.3, 0.4) is 0 Å². The topological polar surface area (TPSA) is 56.7 Å². The van der Waals surface area contributed by atoms with E-state index in [-0.39, 0.29) is 29.4 Å². The first-order valence-corrected chi connectivity index (χ1v) is 7.80. The molecule has 130 valence electrons. The molecular weight excluding hydrogens is 401 g/mol. The Labute approximate surface area is 157 Å². The fourth-order valence-corrected chi connectivity index (χ4v) is 2.00. The molecule has 0 aliphatic carbocycles. The molecule has 1 aromatic rings. The summed E-state index contributed by atoms with van der Waals surface area (Å²) in [5, 5.41) is 16.5. The molecule has 4 nitrogen and oxygen atoms in total. The Hall–Kier alpha value is -1.08. The van der Waals surface area contributed by atoms with Crippen LogP contribution in [-0.2, 0) is 5.41 Å². The molecular formula is C18H30IN3O. The Morgan fingerprint density at radius 1 is 1.26 bits per heavy atom. The minimum Gasteiger partial charge on any atom is -0.386 e. The van der Waals surface area contributed by atoms with Gasteiger partial charge in [-0.15, -0.1) is 30.6 Å². The van der Waals surface area contributed by atoms with Crippen molar-refractivity contribution in [1.82, 2.24) is 10.6 Å². The van der Waals surface area contributed by atoms with Crippen LogP contribution in [0.5, 0.6) is 0 Å². The van der Waals surface area contributed by atoms with Gasteiger partial charge in [-0.3, -0.25) is 4.99 Å². The third kappa shape index (κ3) is 7.83. The summed E-state index contributed by atoms with van der Waals surface area (Å²) in [6.07, 6.45) is 1.17. The van der Waals surface area contributed by atoms with E-state index in [1.165, 1.54) is 5.56 Å². The molecule has 23 heavy (non-hydrogen) atoms. The molecule has 1 atom stereocenters. The first kappa shape index (κ1) is 21.9. The van der Waals surface area contributed by atoms with Crippen molar-refractivity contribution in [1.29, 1.82) is 0 Å². The van der Waals surface area contributed by atoms with Gasteiger partial charge in [0, 0.05) is 13.1 Å². The fourth-order valence-electron chi connectivity index (χ4n) is 2.00. The predicted octanol–water partition coefficient (Wildman–Crippen LogP) is 3.38. The van der Waals surface area contributed by atoms with E-state index in [0.29, 0.717) is 19.0 Å². The van der Waals surface area contributed by atoms with Crippen molar-refractivity contribution >= 4 is 29.9 Å². The van der Waals surface area contributed by atoms with Crippen molar-refractivity contribution in [3.63, 3.8) is 0 Å². The Balaban J connectivity index is 0.00000484. The lowest BCUT2D eigenvalue weighted by Gasteiger charge is -2.20. The smallest absolute Gasteiger partial charge is 0.191 e. The fraction of sp³-hybridized carbons (Fsp3) is 0.500. The summed E-state index contributed by atoms with van der Waals surface area (Å²) in [5.41, 5.74) is 2.26. The summed E-state index contributed by atoms with van der Waals surface area (Å²) >= 11 is 0. The monoisotopic (exact) mass is 431 g/mol. The molecule has 0 fully saturated rings. The van der Waals surface area contributed by atoms with Gasteiger partial charge in [0.1, 0.15) is 0 Å². The second kappa shape index (κ2) is 10.6. The van der Waals surface area contributed by atoms with E-state index >= 15 is 0 Å². The molecule has 0 aliphatic heterocycles. The number of aliphatic hydroxyl groups is 1. The average molecular weight is 431 g/mol. The Kier molecular flexibility index (Phi) is 10.1. The lowest BCUT2D eigenvalue weighted by Crippen LogP contribution is -2.37. The van der Waals surface area contributed by atoms with E-state index in [4.69, 9.17) is 0 Å². The highest BCUT2D eigenvalue weighted by Gasteiger charge is 2.14. The number of aliphatic hydroxyl groups excluding tert-OH is 1. The molecule has 0 spiro atoms. The van der Waals surface area contributed by atoms with E-state index in [1.54, 1.807) is 6.08 Å². The van der Waals surface area contributed by atoms with Crippen LogP contribution < -0.4 is 10.6 Å². The van der Waals surface area contributed by atoms with Gasteiger partial charge < -0.3 is 15.7 Å². The van der Waals surface area contributed by atoms with Gasteiger partial charge >= 0.3 is 0 Å². The Bertz CT molecular complexity index is 492. The maximum Gasteiger partial charge on any atom is 0.191 e. The third-order valence-electron chi connectivity index (χ3n) is 3.34. The van der Waals surface area contributed by atoms with Gasteiger partial charge in [0.15, 0.2) is 5.96 Å². The van der Waals surface area contributed by atoms with E-state index in [2.05, 4.69) is 55.1 Å². The van der Waals surface area contributed by atoms with Gasteiger partial charge in [-0.25, -0.2) is 0 Å². The molecule has 0 aromatic heterocycles. The second-order valence-corrected chi connectivity index (χ2v) is 6.28. The summed E-state index contributed by atoms with van der Waals surface area (Å²) in [6.45, 7) is 13.9. The highest BCUT2D eigenvalue weighted by atomic mass is 127. The van der Waals surface area contributed by atoms with Crippen molar-refractivity contribution in [3.05, 3.63) is 48.0 Å². The van der Waals surface area contributed by atoms with Gasteiger partial charge in [0.2, 0.25) is 0 Å². The molecule has 0 amide bonds. The number of halogens is 1. The van der Waals surface area contributed by atoms with Gasteiger partial charge in [0.05, 0.1) is 12.6 Å². The maximum absolute atomic E-state index is 10.3. The van der Waals surface area contributed by atoms with Crippen molar-refractivity contribution in [2.24, 2.45) is 4.99 Å². The molecule has 0 heterocycles. The van der Waals surface area contributed by atoms with Crippen LogP contribution in [0.4, 0.5) is 0 Å². The first-order valence-electron chi connectivity index (χ1n) is 7.80. The van der Waals surface area contributed by atoms with Crippen molar-refractivity contribution in [2.45, 2.75) is 39.2 Å². The van der Waals surface area contributed by atoms with Crippen molar-refractivity contribution in [2.75, 3.05) is 19.6 Å². The number of nitrogens with zero attached hydrogens (tertiary/aromatic N) is 1. The van der Waals surface area contributed by atoms with E-state index in [1.807, 2.05) is 19.1 Å². The van der Waals surface area contributed by atoms with Gasteiger partial charge in [-0.2, -0.15) is 0 Å². The molecule has 0 radical (unpaired) electrons. The quantitative estimate of drug-likeness (QED) is 0.280. The SMILES string of the molecule is C=CCNC(=NCC(O)c1ccc(C(C)(C)C)cc1)NCC.I. The van der Waals surface area contributed by atoms with Crippen molar-refractivity contribution < 1.29 is 5.11 Å². The van der Waals surface area contributed by atoms with Gasteiger partial charge in [-0.1, -0.05) is 51.1 Å². The lowest BCUT2D eigenvalue weighted by molar-refractivity contribution is 0.187. The largest absolute Gasteiger partial charge is 0.386 e. The third-order valence-corrected chi connectivity index (χ3v) is 3.34. The van der Waals surface area contributed by atoms with Crippen LogP contribution >= 0.6 is 24.0 Å². The average Bonchev–Trinajstić information content (AvgIpc) is 2.49. The van der Waals surface area contributed by atoms with Crippen LogP contribution in [0, 0.1) is 0 Å². The normalized spacial score (nSPS) is 13.0.